The molecule has 2 rings (SSSR count). The van der Waals surface area contributed by atoms with E-state index in [1.165, 1.54) is 24.4 Å². The van der Waals surface area contributed by atoms with Crippen LogP contribution in [0.15, 0.2) is 48.8 Å². The third-order valence-corrected chi connectivity index (χ3v) is 2.50. The van der Waals surface area contributed by atoms with Crippen LogP contribution in [0, 0.1) is 0 Å². The lowest BCUT2D eigenvalue weighted by Crippen LogP contribution is -2.19. The molecule has 0 radical (unpaired) electrons. The third-order valence-electron chi connectivity index (χ3n) is 2.50. The Morgan fingerprint density at radius 2 is 1.90 bits per heavy atom. The zero-order chi connectivity index (χ0) is 14.6. The molecule has 0 N–H and O–H groups in total. The molecule has 2 aromatic rings. The van der Waals surface area contributed by atoms with E-state index in [0.29, 0.717) is 5.56 Å². The van der Waals surface area contributed by atoms with E-state index in [4.69, 9.17) is 0 Å². The lowest BCUT2D eigenvalue weighted by atomic mass is 10.0. The topological polar surface area (TPSA) is 39.2 Å². The molecule has 3 nitrogen and oxygen atoms in total. The number of aromatic nitrogens is 1. The third kappa shape index (κ3) is 3.81. The van der Waals surface area contributed by atoms with Crippen LogP contribution in [0.3, 0.4) is 0 Å². The zero-order valence-electron chi connectivity index (χ0n) is 10.2. The van der Waals surface area contributed by atoms with Gasteiger partial charge < -0.3 is 4.74 Å². The van der Waals surface area contributed by atoms with Crippen LogP contribution in [0.1, 0.15) is 15.9 Å². The van der Waals surface area contributed by atoms with Gasteiger partial charge in [-0.05, 0) is 23.8 Å². The Kier molecular flexibility index (Phi) is 4.02. The molecular weight excluding hydrogens is 271 g/mol. The molecule has 1 aromatic carbocycles. The number of ether oxygens (including phenoxy) is 1. The van der Waals surface area contributed by atoms with Crippen LogP contribution < -0.4 is 4.74 Å². The van der Waals surface area contributed by atoms with Crippen molar-refractivity contribution in [1.82, 2.24) is 4.98 Å². The van der Waals surface area contributed by atoms with Crippen LogP contribution >= 0.6 is 0 Å². The van der Waals surface area contributed by atoms with Crippen molar-refractivity contribution in [3.8, 4) is 5.75 Å². The standard InChI is InChI=1S/C14H10F3NO2/c15-14(16,17)20-13-6-2-1-5-11(13)12(19)8-10-4-3-7-18-9-10/h1-7,9H,8H2. The Balaban J connectivity index is 2.22. The summed E-state index contributed by atoms with van der Waals surface area (Å²) in [5.74, 6) is -0.952. The van der Waals surface area contributed by atoms with E-state index in [1.54, 1.807) is 18.3 Å². The number of ketones is 1. The second-order valence-corrected chi connectivity index (χ2v) is 4.01. The minimum atomic E-state index is -4.83. The van der Waals surface area contributed by atoms with E-state index in [9.17, 15) is 18.0 Å². The monoisotopic (exact) mass is 281 g/mol. The number of halogens is 3. The van der Waals surface area contributed by atoms with Gasteiger partial charge in [0.25, 0.3) is 0 Å². The summed E-state index contributed by atoms with van der Waals surface area (Å²) in [6.07, 6.45) is -1.82. The summed E-state index contributed by atoms with van der Waals surface area (Å²) in [7, 11) is 0. The summed E-state index contributed by atoms with van der Waals surface area (Å²) < 4.78 is 40.7. The van der Waals surface area contributed by atoms with Gasteiger partial charge in [0.05, 0.1) is 5.56 Å². The van der Waals surface area contributed by atoms with E-state index in [2.05, 4.69) is 9.72 Å². The Hall–Kier alpha value is -2.37. The van der Waals surface area contributed by atoms with Crippen LogP contribution in [0.5, 0.6) is 5.75 Å². The normalized spacial score (nSPS) is 11.2. The molecule has 0 aliphatic rings. The predicted octanol–water partition coefficient (Wildman–Crippen LogP) is 3.41. The number of nitrogens with zero attached hydrogens (tertiary/aromatic N) is 1. The second kappa shape index (κ2) is 5.73. The van der Waals surface area contributed by atoms with Crippen molar-refractivity contribution >= 4 is 5.78 Å². The highest BCUT2D eigenvalue weighted by molar-refractivity contribution is 5.99. The lowest BCUT2D eigenvalue weighted by molar-refractivity contribution is -0.274. The number of rotatable bonds is 4. The Labute approximate surface area is 113 Å². The molecule has 104 valence electrons. The highest BCUT2D eigenvalue weighted by atomic mass is 19.4. The van der Waals surface area contributed by atoms with Gasteiger partial charge in [-0.15, -0.1) is 13.2 Å². The highest BCUT2D eigenvalue weighted by Crippen LogP contribution is 2.27. The highest BCUT2D eigenvalue weighted by Gasteiger charge is 2.32. The fourth-order valence-electron chi connectivity index (χ4n) is 1.69. The summed E-state index contributed by atoms with van der Waals surface area (Å²) in [6.45, 7) is 0. The van der Waals surface area contributed by atoms with E-state index in [0.717, 1.165) is 6.07 Å². The van der Waals surface area contributed by atoms with Crippen molar-refractivity contribution in [2.45, 2.75) is 12.8 Å². The van der Waals surface area contributed by atoms with Gasteiger partial charge in [0, 0.05) is 18.8 Å². The Bertz CT molecular complexity index is 597. The molecule has 0 saturated carbocycles. The van der Waals surface area contributed by atoms with Gasteiger partial charge in [0.1, 0.15) is 5.75 Å². The van der Waals surface area contributed by atoms with Crippen LogP contribution in [0.2, 0.25) is 0 Å². The fraction of sp³-hybridized carbons (Fsp3) is 0.143. The summed E-state index contributed by atoms with van der Waals surface area (Å²) in [5, 5.41) is 0. The summed E-state index contributed by atoms with van der Waals surface area (Å²) in [6, 6.07) is 8.62. The van der Waals surface area contributed by atoms with Gasteiger partial charge in [0.2, 0.25) is 0 Å². The number of hydrogen-bond acceptors (Lipinski definition) is 3. The van der Waals surface area contributed by atoms with Crippen molar-refractivity contribution in [2.24, 2.45) is 0 Å². The Morgan fingerprint density at radius 3 is 2.55 bits per heavy atom. The number of hydrogen-bond donors (Lipinski definition) is 0. The van der Waals surface area contributed by atoms with Crippen molar-refractivity contribution in [1.29, 1.82) is 0 Å². The number of pyridine rings is 1. The van der Waals surface area contributed by atoms with Gasteiger partial charge >= 0.3 is 6.36 Å². The van der Waals surface area contributed by atoms with Gasteiger partial charge in [-0.25, -0.2) is 0 Å². The first-order valence-electron chi connectivity index (χ1n) is 5.72. The molecule has 0 saturated heterocycles. The summed E-state index contributed by atoms with van der Waals surface area (Å²) in [5.41, 5.74) is 0.521. The molecule has 0 bridgehead atoms. The molecule has 0 atom stereocenters. The zero-order valence-corrected chi connectivity index (χ0v) is 10.2. The number of carbonyl (C=O) groups is 1. The number of carbonyl (C=O) groups excluding carboxylic acids is 1. The SMILES string of the molecule is O=C(Cc1cccnc1)c1ccccc1OC(F)(F)F. The Morgan fingerprint density at radius 1 is 1.15 bits per heavy atom. The van der Waals surface area contributed by atoms with E-state index < -0.39 is 17.9 Å². The van der Waals surface area contributed by atoms with Crippen molar-refractivity contribution in [3.63, 3.8) is 0 Å². The fourth-order valence-corrected chi connectivity index (χ4v) is 1.69. The first-order valence-corrected chi connectivity index (χ1v) is 5.72. The lowest BCUT2D eigenvalue weighted by Gasteiger charge is -2.12. The molecule has 0 aliphatic carbocycles. The van der Waals surface area contributed by atoms with Crippen LogP contribution in [0.25, 0.3) is 0 Å². The minimum absolute atomic E-state index is 0.0356. The molecule has 20 heavy (non-hydrogen) atoms. The average molecular weight is 281 g/mol. The van der Waals surface area contributed by atoms with E-state index >= 15 is 0 Å². The number of benzene rings is 1. The second-order valence-electron chi connectivity index (χ2n) is 4.01. The van der Waals surface area contributed by atoms with Crippen LogP contribution in [0.4, 0.5) is 13.2 Å². The molecule has 6 heteroatoms. The minimum Gasteiger partial charge on any atom is -0.405 e. The largest absolute Gasteiger partial charge is 0.573 e. The summed E-state index contributed by atoms with van der Waals surface area (Å²) >= 11 is 0. The molecule has 0 aliphatic heterocycles. The van der Waals surface area contributed by atoms with E-state index in [1.807, 2.05) is 0 Å². The molecule has 0 unspecified atom stereocenters. The van der Waals surface area contributed by atoms with Crippen LogP contribution in [-0.2, 0) is 6.42 Å². The van der Waals surface area contributed by atoms with Crippen molar-refractivity contribution < 1.29 is 22.7 Å². The maximum Gasteiger partial charge on any atom is 0.573 e. The van der Waals surface area contributed by atoms with Gasteiger partial charge in [-0.1, -0.05) is 18.2 Å². The quantitative estimate of drug-likeness (QED) is 0.806. The molecule has 1 aromatic heterocycles. The molecule has 1 heterocycles. The predicted molar refractivity (Wildman–Crippen MR) is 65.4 cm³/mol. The maximum absolute atomic E-state index is 12.3. The first-order chi connectivity index (χ1) is 9.46. The first kappa shape index (κ1) is 14.0. The number of Topliss-reactive ketones (excluding diaryl/α,β-unsaturated/α-hetero) is 1. The van der Waals surface area contributed by atoms with Gasteiger partial charge in [0.15, 0.2) is 5.78 Å². The molecule has 0 spiro atoms. The van der Waals surface area contributed by atoms with Gasteiger partial charge in [-0.2, -0.15) is 0 Å². The smallest absolute Gasteiger partial charge is 0.405 e. The maximum atomic E-state index is 12.3. The average Bonchev–Trinajstić information content (AvgIpc) is 2.38. The molecule has 0 amide bonds. The summed E-state index contributed by atoms with van der Waals surface area (Å²) in [4.78, 5) is 15.9. The van der Waals surface area contributed by atoms with E-state index in [-0.39, 0.29) is 12.0 Å². The molecule has 0 fully saturated rings. The molecular formula is C14H10F3NO2. The van der Waals surface area contributed by atoms with Crippen molar-refractivity contribution in [2.75, 3.05) is 0 Å². The van der Waals surface area contributed by atoms with Crippen LogP contribution in [-0.4, -0.2) is 17.1 Å². The number of alkyl halides is 3. The van der Waals surface area contributed by atoms with Crippen molar-refractivity contribution in [3.05, 3.63) is 59.9 Å². The number of para-hydroxylation sites is 1. The van der Waals surface area contributed by atoms with Gasteiger partial charge in [-0.3, -0.25) is 9.78 Å².